The summed E-state index contributed by atoms with van der Waals surface area (Å²) in [5, 5.41) is 13.2. The average Bonchev–Trinajstić information content (AvgIpc) is 2.47. The van der Waals surface area contributed by atoms with E-state index in [2.05, 4.69) is 19.2 Å². The highest BCUT2D eigenvalue weighted by Crippen LogP contribution is 2.25. The molecular weight excluding hydrogens is 271 g/mol. The first-order valence-electron chi connectivity index (χ1n) is 7.58. The highest BCUT2D eigenvalue weighted by Gasteiger charge is 2.31. The molecule has 0 saturated carbocycles. The minimum Gasteiger partial charge on any atom is -0.507 e. The van der Waals surface area contributed by atoms with Gasteiger partial charge in [0.05, 0.1) is 5.56 Å². The molecule has 5 heteroatoms. The maximum atomic E-state index is 13.0. The zero-order chi connectivity index (χ0) is 15.4. The number of phenols is 1. The number of hydrogen-bond donors (Lipinski definition) is 2. The molecule has 2 rings (SSSR count). The second-order valence-corrected chi connectivity index (χ2v) is 5.53. The molecule has 0 aromatic heterocycles. The fraction of sp³-hybridized carbons (Fsp3) is 0.562. The maximum Gasteiger partial charge on any atom is 0.257 e. The van der Waals surface area contributed by atoms with Crippen LogP contribution in [0.25, 0.3) is 0 Å². The molecule has 1 fully saturated rings. The van der Waals surface area contributed by atoms with Crippen molar-refractivity contribution in [2.75, 3.05) is 19.6 Å². The summed E-state index contributed by atoms with van der Waals surface area (Å²) in [5.41, 5.74) is 0.174. The molecule has 1 heterocycles. The van der Waals surface area contributed by atoms with Crippen LogP contribution >= 0.6 is 0 Å². The van der Waals surface area contributed by atoms with Gasteiger partial charge in [-0.05, 0) is 31.0 Å². The Balaban J connectivity index is 2.10. The van der Waals surface area contributed by atoms with Gasteiger partial charge in [-0.3, -0.25) is 4.79 Å². The fourth-order valence-corrected chi connectivity index (χ4v) is 3.02. The van der Waals surface area contributed by atoms with Crippen LogP contribution in [0, 0.1) is 11.7 Å². The van der Waals surface area contributed by atoms with Crippen LogP contribution in [0.4, 0.5) is 4.39 Å². The third-order valence-corrected chi connectivity index (χ3v) is 4.20. The standard InChI is InChI=1S/C16H23FN2O2/c1-3-11-10-19(8-7-14(11)18-4-2)16(21)13-6-5-12(17)9-15(13)20/h5-6,9,11,14,18,20H,3-4,7-8,10H2,1-2H3. The summed E-state index contributed by atoms with van der Waals surface area (Å²) >= 11 is 0. The van der Waals surface area contributed by atoms with Crippen LogP contribution in [0.5, 0.6) is 5.75 Å². The molecule has 0 radical (unpaired) electrons. The van der Waals surface area contributed by atoms with Crippen LogP contribution < -0.4 is 5.32 Å². The van der Waals surface area contributed by atoms with E-state index >= 15 is 0 Å². The monoisotopic (exact) mass is 294 g/mol. The van der Waals surface area contributed by atoms with E-state index in [-0.39, 0.29) is 17.2 Å². The molecule has 1 saturated heterocycles. The lowest BCUT2D eigenvalue weighted by Gasteiger charge is -2.38. The number of nitrogens with one attached hydrogen (secondary N) is 1. The van der Waals surface area contributed by atoms with Gasteiger partial charge in [0, 0.05) is 25.2 Å². The smallest absolute Gasteiger partial charge is 0.257 e. The van der Waals surface area contributed by atoms with E-state index in [0.717, 1.165) is 25.5 Å². The molecule has 2 atom stereocenters. The number of halogens is 1. The molecule has 21 heavy (non-hydrogen) atoms. The summed E-state index contributed by atoms with van der Waals surface area (Å²) in [7, 11) is 0. The predicted octanol–water partition coefficient (Wildman–Crippen LogP) is 2.38. The summed E-state index contributed by atoms with van der Waals surface area (Å²) in [5.74, 6) is -0.644. The lowest BCUT2D eigenvalue weighted by atomic mass is 9.89. The zero-order valence-electron chi connectivity index (χ0n) is 12.6. The number of piperidine rings is 1. The molecule has 4 nitrogen and oxygen atoms in total. The Morgan fingerprint density at radius 1 is 1.48 bits per heavy atom. The van der Waals surface area contributed by atoms with E-state index in [1.165, 1.54) is 12.1 Å². The summed E-state index contributed by atoms with van der Waals surface area (Å²) in [6.07, 6.45) is 1.90. The normalized spacial score (nSPS) is 22.3. The van der Waals surface area contributed by atoms with Crippen molar-refractivity contribution in [3.8, 4) is 5.75 Å². The molecule has 0 bridgehead atoms. The quantitative estimate of drug-likeness (QED) is 0.896. The van der Waals surface area contributed by atoms with Crippen molar-refractivity contribution in [1.82, 2.24) is 10.2 Å². The Bertz CT molecular complexity index is 507. The van der Waals surface area contributed by atoms with Gasteiger partial charge in [0.25, 0.3) is 5.91 Å². The van der Waals surface area contributed by atoms with Gasteiger partial charge in [-0.15, -0.1) is 0 Å². The third-order valence-electron chi connectivity index (χ3n) is 4.20. The lowest BCUT2D eigenvalue weighted by molar-refractivity contribution is 0.0625. The molecule has 1 aromatic rings. The summed E-state index contributed by atoms with van der Waals surface area (Å²) < 4.78 is 13.0. The minimum atomic E-state index is -0.540. The Morgan fingerprint density at radius 2 is 2.24 bits per heavy atom. The molecule has 1 aliphatic rings. The molecular formula is C16H23FN2O2. The molecule has 2 unspecified atom stereocenters. The van der Waals surface area contributed by atoms with Crippen molar-refractivity contribution in [3.05, 3.63) is 29.6 Å². The van der Waals surface area contributed by atoms with Gasteiger partial charge in [0.15, 0.2) is 0 Å². The number of nitrogens with zero attached hydrogens (tertiary/aromatic N) is 1. The topological polar surface area (TPSA) is 52.6 Å². The molecule has 1 aliphatic heterocycles. The van der Waals surface area contributed by atoms with E-state index in [0.29, 0.717) is 25.0 Å². The molecule has 0 spiro atoms. The maximum absolute atomic E-state index is 13.0. The first-order chi connectivity index (χ1) is 10.1. The van der Waals surface area contributed by atoms with Gasteiger partial charge in [0.1, 0.15) is 11.6 Å². The number of likely N-dealkylation sites (tertiary alicyclic amines) is 1. The first-order valence-corrected chi connectivity index (χ1v) is 7.58. The van der Waals surface area contributed by atoms with E-state index in [4.69, 9.17) is 0 Å². The number of rotatable bonds is 4. The number of amides is 1. The van der Waals surface area contributed by atoms with Crippen molar-refractivity contribution in [1.29, 1.82) is 0 Å². The summed E-state index contributed by atoms with van der Waals surface area (Å²) in [4.78, 5) is 14.2. The van der Waals surface area contributed by atoms with Crippen molar-refractivity contribution in [2.45, 2.75) is 32.7 Å². The second kappa shape index (κ2) is 6.89. The van der Waals surface area contributed by atoms with Gasteiger partial charge in [-0.2, -0.15) is 0 Å². The van der Waals surface area contributed by atoms with Gasteiger partial charge in [-0.25, -0.2) is 4.39 Å². The van der Waals surface area contributed by atoms with Gasteiger partial charge >= 0.3 is 0 Å². The predicted molar refractivity (Wildman–Crippen MR) is 79.8 cm³/mol. The molecule has 0 aliphatic carbocycles. The van der Waals surface area contributed by atoms with Crippen molar-refractivity contribution in [2.24, 2.45) is 5.92 Å². The average molecular weight is 294 g/mol. The minimum absolute atomic E-state index is 0.174. The van der Waals surface area contributed by atoms with Gasteiger partial charge in [-0.1, -0.05) is 20.3 Å². The number of phenolic OH excluding ortho intramolecular Hbond substituents is 1. The van der Waals surface area contributed by atoms with Crippen molar-refractivity contribution >= 4 is 5.91 Å². The molecule has 1 amide bonds. The number of aromatic hydroxyl groups is 1. The third kappa shape index (κ3) is 3.53. The SMILES string of the molecule is CCNC1CCN(C(=O)c2ccc(F)cc2O)CC1CC. The molecule has 2 N–H and O–H groups in total. The Kier molecular flexibility index (Phi) is 5.17. The summed E-state index contributed by atoms with van der Waals surface area (Å²) in [6.45, 7) is 6.46. The van der Waals surface area contributed by atoms with Crippen molar-refractivity contribution in [3.63, 3.8) is 0 Å². The Hall–Kier alpha value is -1.62. The van der Waals surface area contributed by atoms with E-state index in [1.807, 2.05) is 0 Å². The van der Waals surface area contributed by atoms with Gasteiger partial charge < -0.3 is 15.3 Å². The van der Waals surface area contributed by atoms with Gasteiger partial charge in [0.2, 0.25) is 0 Å². The van der Waals surface area contributed by atoms with Crippen LogP contribution in [0.2, 0.25) is 0 Å². The number of hydrogen-bond acceptors (Lipinski definition) is 3. The largest absolute Gasteiger partial charge is 0.507 e. The summed E-state index contributed by atoms with van der Waals surface area (Å²) in [6, 6.07) is 3.97. The van der Waals surface area contributed by atoms with E-state index in [9.17, 15) is 14.3 Å². The van der Waals surface area contributed by atoms with E-state index in [1.54, 1.807) is 4.90 Å². The fourth-order valence-electron chi connectivity index (χ4n) is 3.02. The number of benzene rings is 1. The highest BCUT2D eigenvalue weighted by atomic mass is 19.1. The van der Waals surface area contributed by atoms with E-state index < -0.39 is 5.82 Å². The molecule has 116 valence electrons. The number of carbonyl (C=O) groups excluding carboxylic acids is 1. The van der Waals surface area contributed by atoms with Crippen LogP contribution in [-0.4, -0.2) is 41.6 Å². The first kappa shape index (κ1) is 15.8. The van der Waals surface area contributed by atoms with Crippen LogP contribution in [0.15, 0.2) is 18.2 Å². The Labute approximate surface area is 125 Å². The second-order valence-electron chi connectivity index (χ2n) is 5.53. The molecule has 1 aromatic carbocycles. The van der Waals surface area contributed by atoms with Crippen LogP contribution in [0.3, 0.4) is 0 Å². The van der Waals surface area contributed by atoms with Crippen LogP contribution in [-0.2, 0) is 0 Å². The lowest BCUT2D eigenvalue weighted by Crippen LogP contribution is -2.50. The van der Waals surface area contributed by atoms with Crippen LogP contribution in [0.1, 0.15) is 37.0 Å². The highest BCUT2D eigenvalue weighted by molar-refractivity contribution is 5.96. The number of carbonyl (C=O) groups is 1. The van der Waals surface area contributed by atoms with Crippen molar-refractivity contribution < 1.29 is 14.3 Å². The Morgan fingerprint density at radius 3 is 2.86 bits per heavy atom. The zero-order valence-corrected chi connectivity index (χ0v) is 12.6.